The number of carbonyl (C=O) groups excluding carboxylic acids is 1. The smallest absolute Gasteiger partial charge is 0.407 e. The van der Waals surface area contributed by atoms with Crippen LogP contribution in [0.2, 0.25) is 0 Å². The Morgan fingerprint density at radius 3 is 2.57 bits per heavy atom. The summed E-state index contributed by atoms with van der Waals surface area (Å²) in [5.41, 5.74) is 6.53. The molecule has 2 heterocycles. The zero-order valence-corrected chi connectivity index (χ0v) is 16.2. The lowest BCUT2D eigenvalue weighted by Gasteiger charge is -2.14. The van der Waals surface area contributed by atoms with Crippen molar-refractivity contribution < 1.29 is 9.53 Å². The summed E-state index contributed by atoms with van der Waals surface area (Å²) in [4.78, 5) is 16.5. The molecular weight excluding hydrogens is 376 g/mol. The molecule has 0 saturated carbocycles. The second-order valence-electron chi connectivity index (χ2n) is 7.18. The van der Waals surface area contributed by atoms with Gasteiger partial charge in [-0.1, -0.05) is 54.6 Å². The van der Waals surface area contributed by atoms with E-state index in [4.69, 9.17) is 4.74 Å². The summed E-state index contributed by atoms with van der Waals surface area (Å²) in [5, 5.41) is 10.6. The molecule has 0 unspecified atom stereocenters. The summed E-state index contributed by atoms with van der Waals surface area (Å²) in [5.74, 6) is 0.0598. The number of pyridine rings is 1. The minimum atomic E-state index is -0.431. The number of nitrogens with one attached hydrogen (secondary N) is 2. The van der Waals surface area contributed by atoms with Gasteiger partial charge in [0.1, 0.15) is 6.61 Å². The van der Waals surface area contributed by atoms with Crippen molar-refractivity contribution >= 4 is 23.1 Å². The SMILES string of the molecule is O=C(NCC=Cc1cc2cn[nH]c2cn1)OCC1c2ccccc2-c2ccccc21. The first-order valence-electron chi connectivity index (χ1n) is 9.84. The first kappa shape index (κ1) is 18.1. The van der Waals surface area contributed by atoms with Gasteiger partial charge in [-0.15, -0.1) is 0 Å². The van der Waals surface area contributed by atoms with Gasteiger partial charge in [-0.25, -0.2) is 4.79 Å². The summed E-state index contributed by atoms with van der Waals surface area (Å²) >= 11 is 0. The number of alkyl carbamates (subject to hydrolysis) is 1. The molecule has 1 aliphatic rings. The van der Waals surface area contributed by atoms with Crippen molar-refractivity contribution in [2.24, 2.45) is 0 Å². The Bertz CT molecular complexity index is 1200. The van der Waals surface area contributed by atoms with E-state index in [1.807, 2.05) is 42.5 Å². The van der Waals surface area contributed by atoms with Gasteiger partial charge in [0, 0.05) is 17.8 Å². The zero-order chi connectivity index (χ0) is 20.3. The van der Waals surface area contributed by atoms with E-state index in [2.05, 4.69) is 44.8 Å². The third kappa shape index (κ3) is 3.43. The molecule has 0 fully saturated rings. The molecule has 2 N–H and O–H groups in total. The molecule has 0 saturated heterocycles. The average Bonchev–Trinajstić information content (AvgIpc) is 3.37. The lowest BCUT2D eigenvalue weighted by molar-refractivity contribution is 0.144. The van der Waals surface area contributed by atoms with Crippen LogP contribution in [0.3, 0.4) is 0 Å². The highest BCUT2D eigenvalue weighted by Crippen LogP contribution is 2.44. The van der Waals surface area contributed by atoms with Crippen LogP contribution < -0.4 is 5.32 Å². The number of hydrogen-bond acceptors (Lipinski definition) is 4. The number of carbonyl (C=O) groups is 1. The fraction of sp³-hybridized carbons (Fsp3) is 0.125. The van der Waals surface area contributed by atoms with Crippen LogP contribution in [0, 0.1) is 0 Å². The third-order valence-electron chi connectivity index (χ3n) is 5.34. The summed E-state index contributed by atoms with van der Waals surface area (Å²) in [7, 11) is 0. The Morgan fingerprint density at radius 1 is 1.07 bits per heavy atom. The Hall–Kier alpha value is -3.93. The first-order valence-corrected chi connectivity index (χ1v) is 9.84. The van der Waals surface area contributed by atoms with E-state index in [0.717, 1.165) is 16.6 Å². The predicted molar refractivity (Wildman–Crippen MR) is 116 cm³/mol. The van der Waals surface area contributed by atoms with E-state index < -0.39 is 6.09 Å². The molecule has 1 amide bonds. The third-order valence-corrected chi connectivity index (χ3v) is 5.34. The van der Waals surface area contributed by atoms with Gasteiger partial charge in [0.25, 0.3) is 0 Å². The van der Waals surface area contributed by atoms with Crippen molar-refractivity contribution in [3.05, 3.63) is 89.9 Å². The molecule has 0 bridgehead atoms. The molecule has 148 valence electrons. The van der Waals surface area contributed by atoms with E-state index in [-0.39, 0.29) is 5.92 Å². The minimum Gasteiger partial charge on any atom is -0.449 e. The van der Waals surface area contributed by atoms with Crippen molar-refractivity contribution in [1.29, 1.82) is 0 Å². The van der Waals surface area contributed by atoms with Gasteiger partial charge in [-0.3, -0.25) is 10.1 Å². The molecule has 6 nitrogen and oxygen atoms in total. The number of hydrogen-bond donors (Lipinski definition) is 2. The van der Waals surface area contributed by atoms with Gasteiger partial charge in [0.05, 0.1) is 23.6 Å². The molecule has 2 aromatic heterocycles. The second kappa shape index (κ2) is 7.83. The van der Waals surface area contributed by atoms with Crippen LogP contribution in [-0.4, -0.2) is 34.4 Å². The maximum atomic E-state index is 12.2. The number of fused-ring (bicyclic) bond motifs is 4. The minimum absolute atomic E-state index is 0.0598. The second-order valence-corrected chi connectivity index (χ2v) is 7.18. The highest BCUT2D eigenvalue weighted by molar-refractivity contribution is 5.80. The van der Waals surface area contributed by atoms with E-state index in [0.29, 0.717) is 13.2 Å². The highest BCUT2D eigenvalue weighted by atomic mass is 16.5. The fourth-order valence-electron chi connectivity index (χ4n) is 3.92. The summed E-state index contributed by atoms with van der Waals surface area (Å²) in [6.07, 6.45) is 6.76. The van der Waals surface area contributed by atoms with Crippen LogP contribution in [0.25, 0.3) is 28.1 Å². The van der Waals surface area contributed by atoms with E-state index in [9.17, 15) is 4.79 Å². The van der Waals surface area contributed by atoms with Gasteiger partial charge in [-0.05, 0) is 34.4 Å². The van der Waals surface area contributed by atoms with Gasteiger partial charge < -0.3 is 10.1 Å². The van der Waals surface area contributed by atoms with Gasteiger partial charge >= 0.3 is 6.09 Å². The van der Waals surface area contributed by atoms with Crippen molar-refractivity contribution in [1.82, 2.24) is 20.5 Å². The lowest BCUT2D eigenvalue weighted by atomic mass is 9.98. The van der Waals surface area contributed by atoms with Crippen LogP contribution in [0.1, 0.15) is 22.7 Å². The Morgan fingerprint density at radius 2 is 1.80 bits per heavy atom. The Labute approximate surface area is 173 Å². The molecule has 2 aromatic carbocycles. The number of nitrogens with zero attached hydrogens (tertiary/aromatic N) is 2. The highest BCUT2D eigenvalue weighted by Gasteiger charge is 2.28. The molecule has 0 radical (unpaired) electrons. The van der Waals surface area contributed by atoms with Crippen molar-refractivity contribution in [3.8, 4) is 11.1 Å². The van der Waals surface area contributed by atoms with E-state index in [1.54, 1.807) is 12.4 Å². The zero-order valence-electron chi connectivity index (χ0n) is 16.2. The van der Waals surface area contributed by atoms with Crippen LogP contribution in [-0.2, 0) is 4.74 Å². The predicted octanol–water partition coefficient (Wildman–Crippen LogP) is 4.51. The number of H-pyrrole nitrogens is 1. The largest absolute Gasteiger partial charge is 0.449 e. The summed E-state index contributed by atoms with van der Waals surface area (Å²) in [6.45, 7) is 0.671. The maximum absolute atomic E-state index is 12.2. The number of amides is 1. The first-order chi connectivity index (χ1) is 14.8. The normalized spacial score (nSPS) is 12.8. The molecule has 6 heteroatoms. The number of rotatable bonds is 5. The standard InChI is InChI=1S/C24H20N4O2/c29-24(25-11-5-6-17-12-16-13-27-28-23(16)14-26-17)30-15-22-20-9-3-1-7-18(20)19-8-2-4-10-21(19)22/h1-10,12-14,22H,11,15H2,(H,25,29)(H,27,28). The number of aromatic nitrogens is 3. The monoisotopic (exact) mass is 396 g/mol. The number of ether oxygens (including phenoxy) is 1. The molecule has 1 aliphatic carbocycles. The number of aromatic amines is 1. The van der Waals surface area contributed by atoms with Gasteiger partial charge in [0.2, 0.25) is 0 Å². The lowest BCUT2D eigenvalue weighted by Crippen LogP contribution is -2.26. The van der Waals surface area contributed by atoms with Crippen molar-refractivity contribution in [2.45, 2.75) is 5.92 Å². The Balaban J connectivity index is 1.18. The quantitative estimate of drug-likeness (QED) is 0.520. The van der Waals surface area contributed by atoms with Gasteiger partial charge in [0.15, 0.2) is 0 Å². The van der Waals surface area contributed by atoms with Crippen LogP contribution in [0.4, 0.5) is 4.79 Å². The van der Waals surface area contributed by atoms with Crippen LogP contribution in [0.15, 0.2) is 73.1 Å². The summed E-state index contributed by atoms with van der Waals surface area (Å²) in [6, 6.07) is 18.5. The molecule has 30 heavy (non-hydrogen) atoms. The average molecular weight is 396 g/mol. The molecule has 0 spiro atoms. The fourth-order valence-corrected chi connectivity index (χ4v) is 3.92. The molecule has 0 aliphatic heterocycles. The topological polar surface area (TPSA) is 79.9 Å². The van der Waals surface area contributed by atoms with Gasteiger partial charge in [-0.2, -0.15) is 5.10 Å². The van der Waals surface area contributed by atoms with Crippen molar-refractivity contribution in [2.75, 3.05) is 13.2 Å². The molecule has 5 rings (SSSR count). The molecular formula is C24H20N4O2. The molecule has 4 aromatic rings. The van der Waals surface area contributed by atoms with Crippen molar-refractivity contribution in [3.63, 3.8) is 0 Å². The van der Waals surface area contributed by atoms with Crippen LogP contribution >= 0.6 is 0 Å². The Kier molecular flexibility index (Phi) is 4.73. The number of benzene rings is 2. The van der Waals surface area contributed by atoms with Crippen LogP contribution in [0.5, 0.6) is 0 Å². The van der Waals surface area contributed by atoms with E-state index >= 15 is 0 Å². The summed E-state index contributed by atoms with van der Waals surface area (Å²) < 4.78 is 5.53. The van der Waals surface area contributed by atoms with E-state index in [1.165, 1.54) is 22.3 Å². The maximum Gasteiger partial charge on any atom is 0.407 e. The molecule has 0 atom stereocenters.